The van der Waals surface area contributed by atoms with Gasteiger partial charge in [-0.05, 0) is 38.3 Å². The first-order valence-electron chi connectivity index (χ1n) is 6.29. The second-order valence-corrected chi connectivity index (χ2v) is 4.74. The fourth-order valence-electron chi connectivity index (χ4n) is 1.63. The summed E-state index contributed by atoms with van der Waals surface area (Å²) in [5, 5.41) is 0.240. The molecule has 0 amide bonds. The predicted octanol–water partition coefficient (Wildman–Crippen LogP) is 4.18. The summed E-state index contributed by atoms with van der Waals surface area (Å²) < 4.78 is 5.77. The lowest BCUT2D eigenvalue weighted by atomic mass is 10.1. The number of unbranched alkanes of at least 4 members (excludes halogenated alkanes) is 3. The van der Waals surface area contributed by atoms with E-state index in [9.17, 15) is 0 Å². The van der Waals surface area contributed by atoms with Crippen LogP contribution in [-0.2, 0) is 0 Å². The van der Waals surface area contributed by atoms with Gasteiger partial charge >= 0.3 is 0 Å². The average Bonchev–Trinajstić information content (AvgIpc) is 2.29. The Bertz CT molecular complexity index is 344. The summed E-state index contributed by atoms with van der Waals surface area (Å²) in [6, 6.07) is 0. The van der Waals surface area contributed by atoms with Crippen molar-refractivity contribution in [1.82, 2.24) is 9.97 Å². The largest absolute Gasteiger partial charge is 0.474 e. The van der Waals surface area contributed by atoms with Gasteiger partial charge in [-0.15, -0.1) is 0 Å². The molecule has 4 heteroatoms. The number of hydrogen-bond acceptors (Lipinski definition) is 3. The van der Waals surface area contributed by atoms with Gasteiger partial charge < -0.3 is 4.74 Å². The molecule has 0 aliphatic carbocycles. The molecule has 3 nitrogen and oxygen atoms in total. The van der Waals surface area contributed by atoms with E-state index in [2.05, 4.69) is 23.8 Å². The molecule has 0 spiro atoms. The number of nitrogens with zero attached hydrogens (tertiary/aromatic N) is 2. The molecule has 1 unspecified atom stereocenters. The Morgan fingerprint density at radius 2 is 2.12 bits per heavy atom. The molecule has 0 radical (unpaired) electrons. The van der Waals surface area contributed by atoms with Crippen molar-refractivity contribution in [3.63, 3.8) is 0 Å². The van der Waals surface area contributed by atoms with Crippen LogP contribution < -0.4 is 4.74 Å². The Kier molecular flexibility index (Phi) is 6.27. The van der Waals surface area contributed by atoms with E-state index < -0.39 is 0 Å². The number of aromatic nitrogens is 2. The maximum Gasteiger partial charge on any atom is 0.225 e. The number of ether oxygens (including phenoxy) is 1. The van der Waals surface area contributed by atoms with E-state index in [1.54, 1.807) is 6.20 Å². The number of halogens is 1. The highest BCUT2D eigenvalue weighted by molar-refractivity contribution is 6.28. The topological polar surface area (TPSA) is 35.0 Å². The SMILES string of the molecule is CCCCCCC(C)Oc1nc(Cl)ncc1C. The smallest absolute Gasteiger partial charge is 0.225 e. The van der Waals surface area contributed by atoms with Crippen LogP contribution in [-0.4, -0.2) is 16.1 Å². The van der Waals surface area contributed by atoms with Gasteiger partial charge in [0.15, 0.2) is 0 Å². The van der Waals surface area contributed by atoms with Crippen LogP contribution in [0.3, 0.4) is 0 Å². The summed E-state index contributed by atoms with van der Waals surface area (Å²) >= 11 is 5.74. The first-order chi connectivity index (χ1) is 8.13. The van der Waals surface area contributed by atoms with E-state index in [4.69, 9.17) is 16.3 Å². The molecular formula is C13H21ClN2O. The monoisotopic (exact) mass is 256 g/mol. The van der Waals surface area contributed by atoms with Gasteiger partial charge in [0.25, 0.3) is 0 Å². The van der Waals surface area contributed by atoms with E-state index in [0.717, 1.165) is 12.0 Å². The zero-order valence-electron chi connectivity index (χ0n) is 10.9. The zero-order valence-corrected chi connectivity index (χ0v) is 11.6. The molecule has 0 aromatic carbocycles. The standard InChI is InChI=1S/C13H21ClN2O/c1-4-5-6-7-8-11(3)17-12-10(2)9-15-13(14)16-12/h9,11H,4-8H2,1-3H3. The van der Waals surface area contributed by atoms with E-state index in [1.807, 2.05) is 6.92 Å². The quantitative estimate of drug-likeness (QED) is 0.542. The molecule has 0 bridgehead atoms. The molecule has 0 saturated carbocycles. The summed E-state index contributed by atoms with van der Waals surface area (Å²) in [7, 11) is 0. The maximum absolute atomic E-state index is 5.77. The second-order valence-electron chi connectivity index (χ2n) is 4.41. The molecule has 96 valence electrons. The normalized spacial score (nSPS) is 12.5. The Morgan fingerprint density at radius 1 is 1.35 bits per heavy atom. The van der Waals surface area contributed by atoms with Crippen molar-refractivity contribution in [2.75, 3.05) is 0 Å². The van der Waals surface area contributed by atoms with Crippen molar-refractivity contribution in [2.24, 2.45) is 0 Å². The van der Waals surface area contributed by atoms with Crippen molar-refractivity contribution in [3.05, 3.63) is 17.0 Å². The van der Waals surface area contributed by atoms with Crippen molar-refractivity contribution >= 4 is 11.6 Å². The summed E-state index contributed by atoms with van der Waals surface area (Å²) in [5.74, 6) is 0.605. The zero-order chi connectivity index (χ0) is 12.7. The molecular weight excluding hydrogens is 236 g/mol. The molecule has 0 N–H and O–H groups in total. The number of rotatable bonds is 7. The van der Waals surface area contributed by atoms with Gasteiger partial charge in [-0.3, -0.25) is 0 Å². The summed E-state index contributed by atoms with van der Waals surface area (Å²) in [6.45, 7) is 6.21. The third kappa shape index (κ3) is 5.35. The molecule has 1 aromatic rings. The molecule has 0 fully saturated rings. The van der Waals surface area contributed by atoms with Crippen LogP contribution in [0, 0.1) is 6.92 Å². The van der Waals surface area contributed by atoms with Crippen LogP contribution in [0.2, 0.25) is 5.28 Å². The van der Waals surface area contributed by atoms with Crippen LogP contribution >= 0.6 is 11.6 Å². The fourth-order valence-corrected chi connectivity index (χ4v) is 1.76. The molecule has 17 heavy (non-hydrogen) atoms. The van der Waals surface area contributed by atoms with Gasteiger partial charge in [0, 0.05) is 11.8 Å². The van der Waals surface area contributed by atoms with Gasteiger partial charge in [-0.1, -0.05) is 26.2 Å². The van der Waals surface area contributed by atoms with E-state index in [-0.39, 0.29) is 11.4 Å². The Balaban J connectivity index is 2.39. The van der Waals surface area contributed by atoms with Crippen molar-refractivity contribution in [3.8, 4) is 5.88 Å². The first kappa shape index (κ1) is 14.2. The molecule has 1 atom stereocenters. The summed E-state index contributed by atoms with van der Waals surface area (Å²) in [4.78, 5) is 8.00. The van der Waals surface area contributed by atoms with Gasteiger partial charge in [0.1, 0.15) is 0 Å². The second kappa shape index (κ2) is 7.49. The van der Waals surface area contributed by atoms with E-state index >= 15 is 0 Å². The lowest BCUT2D eigenvalue weighted by molar-refractivity contribution is 0.196. The maximum atomic E-state index is 5.77. The highest BCUT2D eigenvalue weighted by Crippen LogP contribution is 2.18. The Labute approximate surface area is 109 Å². The van der Waals surface area contributed by atoms with Crippen LogP contribution in [0.4, 0.5) is 0 Å². The Hall–Kier alpha value is -0.830. The molecule has 0 saturated heterocycles. The van der Waals surface area contributed by atoms with Gasteiger partial charge in [0.2, 0.25) is 11.2 Å². The van der Waals surface area contributed by atoms with Crippen molar-refractivity contribution in [2.45, 2.75) is 59.0 Å². The fraction of sp³-hybridized carbons (Fsp3) is 0.692. The van der Waals surface area contributed by atoms with E-state index in [1.165, 1.54) is 25.7 Å². The molecule has 1 aromatic heterocycles. The molecule has 0 aliphatic rings. The van der Waals surface area contributed by atoms with Crippen LogP contribution in [0.25, 0.3) is 0 Å². The van der Waals surface area contributed by atoms with Crippen LogP contribution in [0.5, 0.6) is 5.88 Å². The third-order valence-corrected chi connectivity index (χ3v) is 2.85. The lowest BCUT2D eigenvalue weighted by Gasteiger charge is -2.15. The van der Waals surface area contributed by atoms with Gasteiger partial charge in [0.05, 0.1) is 6.10 Å². The third-order valence-electron chi connectivity index (χ3n) is 2.67. The van der Waals surface area contributed by atoms with Crippen LogP contribution in [0.15, 0.2) is 6.20 Å². The molecule has 1 rings (SSSR count). The highest BCUT2D eigenvalue weighted by atomic mass is 35.5. The average molecular weight is 257 g/mol. The van der Waals surface area contributed by atoms with Gasteiger partial charge in [-0.2, -0.15) is 4.98 Å². The number of aryl methyl sites for hydroxylation is 1. The summed E-state index contributed by atoms with van der Waals surface area (Å²) in [5.41, 5.74) is 0.926. The molecule has 0 aliphatic heterocycles. The van der Waals surface area contributed by atoms with Gasteiger partial charge in [-0.25, -0.2) is 4.98 Å². The van der Waals surface area contributed by atoms with Crippen LogP contribution in [0.1, 0.15) is 51.5 Å². The predicted molar refractivity (Wildman–Crippen MR) is 70.6 cm³/mol. The van der Waals surface area contributed by atoms with Crippen molar-refractivity contribution in [1.29, 1.82) is 0 Å². The van der Waals surface area contributed by atoms with Crippen molar-refractivity contribution < 1.29 is 4.74 Å². The highest BCUT2D eigenvalue weighted by Gasteiger charge is 2.08. The minimum Gasteiger partial charge on any atom is -0.474 e. The minimum absolute atomic E-state index is 0.177. The molecule has 1 heterocycles. The minimum atomic E-state index is 0.177. The van der Waals surface area contributed by atoms with E-state index in [0.29, 0.717) is 5.88 Å². The number of hydrogen-bond donors (Lipinski definition) is 0. The first-order valence-corrected chi connectivity index (χ1v) is 6.67. The Morgan fingerprint density at radius 3 is 2.82 bits per heavy atom. The lowest BCUT2D eigenvalue weighted by Crippen LogP contribution is -2.13. The summed E-state index contributed by atoms with van der Waals surface area (Å²) in [6.07, 6.45) is 7.95.